The number of fused-ring (bicyclic) bond motifs is 3. The van der Waals surface area contributed by atoms with Gasteiger partial charge in [-0.05, 0) is 62.7 Å². The standard InChI is InChI=1S/C35H23NO/c1-2-10-29(11-3-1)37-35-31-13-7-6-12-30(31)34(33-23-36-21-20-32(33)35)26-17-14-25(15-18-26)28-19-16-24-8-4-5-9-27(24)22-28/h1-23H. The summed E-state index contributed by atoms with van der Waals surface area (Å²) in [6.45, 7) is 0. The summed E-state index contributed by atoms with van der Waals surface area (Å²) in [5, 5.41) is 6.86. The number of para-hydroxylation sites is 1. The summed E-state index contributed by atoms with van der Waals surface area (Å²) in [6, 6.07) is 44.5. The molecule has 0 fully saturated rings. The molecule has 0 N–H and O–H groups in total. The van der Waals surface area contributed by atoms with Gasteiger partial charge in [-0.25, -0.2) is 0 Å². The van der Waals surface area contributed by atoms with E-state index in [0.29, 0.717) is 0 Å². The summed E-state index contributed by atoms with van der Waals surface area (Å²) in [7, 11) is 0. The number of hydrogen-bond acceptors (Lipinski definition) is 2. The van der Waals surface area contributed by atoms with Crippen molar-refractivity contribution in [1.29, 1.82) is 0 Å². The minimum absolute atomic E-state index is 0.818. The van der Waals surface area contributed by atoms with Crippen molar-refractivity contribution in [1.82, 2.24) is 4.98 Å². The van der Waals surface area contributed by atoms with Crippen LogP contribution in [0.4, 0.5) is 0 Å². The highest BCUT2D eigenvalue weighted by atomic mass is 16.5. The average molecular weight is 474 g/mol. The molecule has 0 aliphatic carbocycles. The van der Waals surface area contributed by atoms with E-state index >= 15 is 0 Å². The Morgan fingerprint density at radius 3 is 1.95 bits per heavy atom. The van der Waals surface area contributed by atoms with E-state index in [0.717, 1.165) is 38.6 Å². The molecule has 6 aromatic carbocycles. The Labute approximate surface area is 215 Å². The second-order valence-electron chi connectivity index (χ2n) is 9.23. The predicted octanol–water partition coefficient (Wildman–Crippen LogP) is 9.67. The van der Waals surface area contributed by atoms with E-state index in [9.17, 15) is 0 Å². The van der Waals surface area contributed by atoms with Gasteiger partial charge in [-0.1, -0.05) is 103 Å². The molecule has 0 amide bonds. The van der Waals surface area contributed by atoms with Gasteiger partial charge in [0.25, 0.3) is 0 Å². The van der Waals surface area contributed by atoms with Crippen LogP contribution in [0, 0.1) is 0 Å². The molecule has 0 saturated carbocycles. The Kier molecular flexibility index (Phi) is 5.15. The molecule has 0 unspecified atom stereocenters. The number of benzene rings is 6. The van der Waals surface area contributed by atoms with Crippen molar-refractivity contribution in [3.8, 4) is 33.8 Å². The Bertz CT molecular complexity index is 1830. The lowest BCUT2D eigenvalue weighted by Gasteiger charge is -2.17. The van der Waals surface area contributed by atoms with Crippen LogP contribution in [0.1, 0.15) is 0 Å². The Morgan fingerprint density at radius 1 is 0.459 bits per heavy atom. The molecule has 37 heavy (non-hydrogen) atoms. The number of nitrogens with zero attached hydrogens (tertiary/aromatic N) is 1. The molecule has 7 aromatic rings. The third-order valence-corrected chi connectivity index (χ3v) is 7.00. The molecule has 1 heterocycles. The Hall–Kier alpha value is -4.95. The van der Waals surface area contributed by atoms with Crippen LogP contribution in [0.2, 0.25) is 0 Å². The lowest BCUT2D eigenvalue weighted by Crippen LogP contribution is -1.92. The SMILES string of the molecule is c1ccc(Oc2c3ccccc3c(-c3ccc(-c4ccc5ccccc5c4)cc3)c3cnccc23)cc1. The maximum atomic E-state index is 6.48. The molecule has 2 heteroatoms. The normalized spacial score (nSPS) is 11.2. The van der Waals surface area contributed by atoms with E-state index in [1.807, 2.05) is 48.8 Å². The van der Waals surface area contributed by atoms with Gasteiger partial charge in [0.15, 0.2) is 0 Å². The van der Waals surface area contributed by atoms with Gasteiger partial charge in [0, 0.05) is 28.6 Å². The fourth-order valence-corrected chi connectivity index (χ4v) is 5.21. The van der Waals surface area contributed by atoms with Gasteiger partial charge in [-0.3, -0.25) is 4.98 Å². The van der Waals surface area contributed by atoms with E-state index < -0.39 is 0 Å². The van der Waals surface area contributed by atoms with Crippen LogP contribution in [0.15, 0.2) is 140 Å². The van der Waals surface area contributed by atoms with Gasteiger partial charge in [0.05, 0.1) is 0 Å². The number of aromatic nitrogens is 1. The number of rotatable bonds is 4. The topological polar surface area (TPSA) is 22.1 Å². The van der Waals surface area contributed by atoms with Crippen molar-refractivity contribution in [2.75, 3.05) is 0 Å². The van der Waals surface area contributed by atoms with E-state index in [4.69, 9.17) is 4.74 Å². The molecular weight excluding hydrogens is 450 g/mol. The zero-order valence-electron chi connectivity index (χ0n) is 20.1. The summed E-state index contributed by atoms with van der Waals surface area (Å²) in [5.74, 6) is 1.67. The summed E-state index contributed by atoms with van der Waals surface area (Å²) < 4.78 is 6.48. The maximum absolute atomic E-state index is 6.48. The molecule has 0 bridgehead atoms. The first-order valence-electron chi connectivity index (χ1n) is 12.5. The first-order valence-corrected chi connectivity index (χ1v) is 12.5. The minimum Gasteiger partial charge on any atom is -0.456 e. The highest BCUT2D eigenvalue weighted by Crippen LogP contribution is 2.44. The first kappa shape index (κ1) is 21.3. The van der Waals surface area contributed by atoms with Crippen LogP contribution in [0.5, 0.6) is 11.5 Å². The number of hydrogen-bond donors (Lipinski definition) is 0. The highest BCUT2D eigenvalue weighted by molar-refractivity contribution is 6.16. The van der Waals surface area contributed by atoms with Gasteiger partial charge in [-0.2, -0.15) is 0 Å². The number of ether oxygens (including phenoxy) is 1. The van der Waals surface area contributed by atoms with Crippen molar-refractivity contribution >= 4 is 32.3 Å². The van der Waals surface area contributed by atoms with Crippen LogP contribution in [0.3, 0.4) is 0 Å². The summed E-state index contributed by atoms with van der Waals surface area (Å²) in [6.07, 6.45) is 3.79. The number of pyridine rings is 1. The molecule has 174 valence electrons. The molecular formula is C35H23NO. The molecule has 0 radical (unpaired) electrons. The smallest absolute Gasteiger partial charge is 0.143 e. The summed E-state index contributed by atoms with van der Waals surface area (Å²) in [4.78, 5) is 4.49. The van der Waals surface area contributed by atoms with Gasteiger partial charge < -0.3 is 4.74 Å². The minimum atomic E-state index is 0.818. The monoisotopic (exact) mass is 473 g/mol. The second kappa shape index (κ2) is 8.92. The first-order chi connectivity index (χ1) is 18.3. The van der Waals surface area contributed by atoms with Crippen LogP contribution in [0.25, 0.3) is 54.6 Å². The molecule has 2 nitrogen and oxygen atoms in total. The lowest BCUT2D eigenvalue weighted by atomic mass is 9.91. The van der Waals surface area contributed by atoms with Crippen LogP contribution in [-0.4, -0.2) is 4.98 Å². The predicted molar refractivity (Wildman–Crippen MR) is 154 cm³/mol. The van der Waals surface area contributed by atoms with Crippen molar-refractivity contribution < 1.29 is 4.74 Å². The molecule has 7 rings (SSSR count). The summed E-state index contributed by atoms with van der Waals surface area (Å²) in [5.41, 5.74) is 4.74. The van der Waals surface area contributed by atoms with Crippen LogP contribution >= 0.6 is 0 Å². The zero-order valence-corrected chi connectivity index (χ0v) is 20.1. The van der Waals surface area contributed by atoms with Gasteiger partial charge in [0.1, 0.15) is 11.5 Å². The molecule has 0 spiro atoms. The molecule has 0 atom stereocenters. The van der Waals surface area contributed by atoms with E-state index in [1.165, 1.54) is 27.5 Å². The Balaban J connectivity index is 1.39. The van der Waals surface area contributed by atoms with E-state index in [2.05, 4.69) is 96.0 Å². The lowest BCUT2D eigenvalue weighted by molar-refractivity contribution is 0.494. The molecule has 0 aliphatic heterocycles. The van der Waals surface area contributed by atoms with Gasteiger partial charge in [-0.15, -0.1) is 0 Å². The quantitative estimate of drug-likeness (QED) is 0.237. The summed E-state index contributed by atoms with van der Waals surface area (Å²) >= 11 is 0. The highest BCUT2D eigenvalue weighted by Gasteiger charge is 2.17. The molecule has 0 saturated heterocycles. The van der Waals surface area contributed by atoms with Crippen molar-refractivity contribution in [3.05, 3.63) is 140 Å². The molecule has 0 aliphatic rings. The zero-order chi connectivity index (χ0) is 24.6. The van der Waals surface area contributed by atoms with Crippen molar-refractivity contribution in [3.63, 3.8) is 0 Å². The molecule has 1 aromatic heterocycles. The fraction of sp³-hybridized carbons (Fsp3) is 0. The van der Waals surface area contributed by atoms with Crippen LogP contribution < -0.4 is 4.74 Å². The maximum Gasteiger partial charge on any atom is 0.143 e. The van der Waals surface area contributed by atoms with E-state index in [1.54, 1.807) is 0 Å². The van der Waals surface area contributed by atoms with Crippen molar-refractivity contribution in [2.45, 2.75) is 0 Å². The third-order valence-electron chi connectivity index (χ3n) is 7.00. The Morgan fingerprint density at radius 2 is 1.11 bits per heavy atom. The van der Waals surface area contributed by atoms with Crippen molar-refractivity contribution in [2.24, 2.45) is 0 Å². The second-order valence-corrected chi connectivity index (χ2v) is 9.23. The largest absolute Gasteiger partial charge is 0.456 e. The van der Waals surface area contributed by atoms with Gasteiger partial charge >= 0.3 is 0 Å². The van der Waals surface area contributed by atoms with E-state index in [-0.39, 0.29) is 0 Å². The fourth-order valence-electron chi connectivity index (χ4n) is 5.21. The van der Waals surface area contributed by atoms with Gasteiger partial charge in [0.2, 0.25) is 0 Å². The third kappa shape index (κ3) is 3.80. The average Bonchev–Trinajstić information content (AvgIpc) is 2.97. The van der Waals surface area contributed by atoms with Crippen LogP contribution in [-0.2, 0) is 0 Å².